The molecule has 1 fully saturated rings. The SMILES string of the molecule is CNC1CCN(Cc2cccnc2OC)CC1C. The largest absolute Gasteiger partial charge is 0.481 e. The number of piperidine rings is 1. The Bertz CT molecular complexity index is 383. The smallest absolute Gasteiger partial charge is 0.217 e. The summed E-state index contributed by atoms with van der Waals surface area (Å²) < 4.78 is 5.31. The molecule has 1 aliphatic rings. The molecule has 4 heteroatoms. The van der Waals surface area contributed by atoms with Gasteiger partial charge in [0.15, 0.2) is 0 Å². The van der Waals surface area contributed by atoms with Gasteiger partial charge >= 0.3 is 0 Å². The average Bonchev–Trinajstić information content (AvgIpc) is 2.39. The molecule has 4 nitrogen and oxygen atoms in total. The number of ether oxygens (including phenoxy) is 1. The molecular weight excluding hydrogens is 226 g/mol. The summed E-state index contributed by atoms with van der Waals surface area (Å²) in [6.45, 7) is 5.50. The van der Waals surface area contributed by atoms with Crippen LogP contribution in [0.15, 0.2) is 18.3 Å². The number of nitrogens with zero attached hydrogens (tertiary/aromatic N) is 2. The topological polar surface area (TPSA) is 37.4 Å². The minimum atomic E-state index is 0.650. The van der Waals surface area contributed by atoms with Crippen molar-refractivity contribution in [1.29, 1.82) is 0 Å². The van der Waals surface area contributed by atoms with E-state index in [4.69, 9.17) is 4.74 Å². The molecule has 18 heavy (non-hydrogen) atoms. The molecule has 2 rings (SSSR count). The third-order valence-electron chi connectivity index (χ3n) is 3.80. The zero-order valence-corrected chi connectivity index (χ0v) is 11.5. The number of hydrogen-bond acceptors (Lipinski definition) is 4. The summed E-state index contributed by atoms with van der Waals surface area (Å²) in [6, 6.07) is 4.72. The number of hydrogen-bond donors (Lipinski definition) is 1. The first-order valence-corrected chi connectivity index (χ1v) is 6.62. The first-order valence-electron chi connectivity index (χ1n) is 6.62. The lowest BCUT2D eigenvalue weighted by atomic mass is 9.94. The third-order valence-corrected chi connectivity index (χ3v) is 3.80. The number of pyridine rings is 1. The fourth-order valence-corrected chi connectivity index (χ4v) is 2.77. The molecule has 2 unspecified atom stereocenters. The van der Waals surface area contributed by atoms with Crippen LogP contribution in [0.2, 0.25) is 0 Å². The van der Waals surface area contributed by atoms with Gasteiger partial charge in [0.05, 0.1) is 7.11 Å². The summed E-state index contributed by atoms with van der Waals surface area (Å²) >= 11 is 0. The van der Waals surface area contributed by atoms with E-state index in [1.807, 2.05) is 6.07 Å². The monoisotopic (exact) mass is 249 g/mol. The Morgan fingerprint density at radius 3 is 3.06 bits per heavy atom. The van der Waals surface area contributed by atoms with Crippen LogP contribution in [0.25, 0.3) is 0 Å². The second kappa shape index (κ2) is 6.16. The van der Waals surface area contributed by atoms with E-state index in [1.165, 1.54) is 12.0 Å². The van der Waals surface area contributed by atoms with Gasteiger partial charge in [-0.1, -0.05) is 13.0 Å². The summed E-state index contributed by atoms with van der Waals surface area (Å²) in [6.07, 6.45) is 2.98. The molecule has 2 atom stereocenters. The van der Waals surface area contributed by atoms with Crippen LogP contribution in [-0.2, 0) is 6.54 Å². The lowest BCUT2D eigenvalue weighted by molar-refractivity contribution is 0.143. The molecule has 1 aromatic heterocycles. The van der Waals surface area contributed by atoms with Crippen LogP contribution >= 0.6 is 0 Å². The van der Waals surface area contributed by atoms with Crippen molar-refractivity contribution in [2.75, 3.05) is 27.2 Å². The summed E-state index contributed by atoms with van der Waals surface area (Å²) in [5, 5.41) is 3.40. The lowest BCUT2D eigenvalue weighted by Gasteiger charge is -2.36. The van der Waals surface area contributed by atoms with Crippen molar-refractivity contribution in [2.45, 2.75) is 25.9 Å². The van der Waals surface area contributed by atoms with Gasteiger partial charge < -0.3 is 10.1 Å². The zero-order valence-electron chi connectivity index (χ0n) is 11.5. The van der Waals surface area contributed by atoms with Gasteiger partial charge in [-0.15, -0.1) is 0 Å². The van der Waals surface area contributed by atoms with Crippen LogP contribution in [-0.4, -0.2) is 43.2 Å². The number of nitrogens with one attached hydrogen (secondary N) is 1. The van der Waals surface area contributed by atoms with Gasteiger partial charge in [0, 0.05) is 30.9 Å². The molecule has 1 aromatic rings. The van der Waals surface area contributed by atoms with Gasteiger partial charge in [0.2, 0.25) is 5.88 Å². The zero-order chi connectivity index (χ0) is 13.0. The summed E-state index contributed by atoms with van der Waals surface area (Å²) in [4.78, 5) is 6.74. The molecule has 0 spiro atoms. The van der Waals surface area contributed by atoms with Crippen LogP contribution in [0.1, 0.15) is 18.9 Å². The van der Waals surface area contributed by atoms with E-state index in [0.29, 0.717) is 12.0 Å². The van der Waals surface area contributed by atoms with Crippen molar-refractivity contribution in [3.63, 3.8) is 0 Å². The van der Waals surface area contributed by atoms with E-state index < -0.39 is 0 Å². The Labute approximate surface area is 109 Å². The molecule has 1 N–H and O–H groups in total. The molecule has 100 valence electrons. The standard InChI is InChI=1S/C14H23N3O/c1-11-9-17(8-6-13(11)15-2)10-12-5-4-7-16-14(12)18-3/h4-5,7,11,13,15H,6,8-10H2,1-3H3. The Morgan fingerprint density at radius 2 is 2.39 bits per heavy atom. The van der Waals surface area contributed by atoms with Crippen molar-refractivity contribution < 1.29 is 4.74 Å². The van der Waals surface area contributed by atoms with Crippen LogP contribution in [0.5, 0.6) is 5.88 Å². The first-order chi connectivity index (χ1) is 8.74. The van der Waals surface area contributed by atoms with Crippen LogP contribution in [0.3, 0.4) is 0 Å². The Balaban J connectivity index is 1.98. The highest BCUT2D eigenvalue weighted by Crippen LogP contribution is 2.21. The molecule has 0 saturated carbocycles. The molecule has 2 heterocycles. The van der Waals surface area contributed by atoms with Crippen molar-refractivity contribution in [3.8, 4) is 5.88 Å². The van der Waals surface area contributed by atoms with Gasteiger partial charge in [-0.25, -0.2) is 4.98 Å². The van der Waals surface area contributed by atoms with Gasteiger partial charge in [0.25, 0.3) is 0 Å². The van der Waals surface area contributed by atoms with Crippen LogP contribution in [0.4, 0.5) is 0 Å². The molecule has 1 saturated heterocycles. The van der Waals surface area contributed by atoms with Crippen molar-refractivity contribution in [1.82, 2.24) is 15.2 Å². The predicted octanol–water partition coefficient (Wildman–Crippen LogP) is 1.52. The third kappa shape index (κ3) is 3.00. The summed E-state index contributed by atoms with van der Waals surface area (Å²) in [5.74, 6) is 1.44. The van der Waals surface area contributed by atoms with E-state index in [9.17, 15) is 0 Å². The number of likely N-dealkylation sites (tertiary alicyclic amines) is 1. The normalized spacial score (nSPS) is 25.1. The maximum Gasteiger partial charge on any atom is 0.217 e. The van der Waals surface area contributed by atoms with E-state index >= 15 is 0 Å². The highest BCUT2D eigenvalue weighted by molar-refractivity contribution is 5.25. The fraction of sp³-hybridized carbons (Fsp3) is 0.643. The molecule has 1 aliphatic heterocycles. The molecule has 0 amide bonds. The molecule has 0 aromatic carbocycles. The second-order valence-electron chi connectivity index (χ2n) is 5.07. The van der Waals surface area contributed by atoms with E-state index in [0.717, 1.165) is 25.5 Å². The lowest BCUT2D eigenvalue weighted by Crippen LogP contribution is -2.46. The minimum Gasteiger partial charge on any atom is -0.481 e. The molecule has 0 bridgehead atoms. The minimum absolute atomic E-state index is 0.650. The van der Waals surface area contributed by atoms with Crippen molar-refractivity contribution in [3.05, 3.63) is 23.9 Å². The number of aromatic nitrogens is 1. The summed E-state index contributed by atoms with van der Waals surface area (Å²) in [7, 11) is 3.74. The second-order valence-corrected chi connectivity index (χ2v) is 5.07. The summed E-state index contributed by atoms with van der Waals surface area (Å²) in [5.41, 5.74) is 1.18. The van der Waals surface area contributed by atoms with E-state index in [1.54, 1.807) is 13.3 Å². The molecule has 0 aliphatic carbocycles. The Hall–Kier alpha value is -1.13. The van der Waals surface area contributed by atoms with Crippen molar-refractivity contribution >= 4 is 0 Å². The first kappa shape index (κ1) is 13.3. The fourth-order valence-electron chi connectivity index (χ4n) is 2.77. The van der Waals surface area contributed by atoms with E-state index in [-0.39, 0.29) is 0 Å². The Kier molecular flexibility index (Phi) is 4.55. The van der Waals surface area contributed by atoms with Gasteiger partial charge in [-0.2, -0.15) is 0 Å². The molecule has 0 radical (unpaired) electrons. The quantitative estimate of drug-likeness (QED) is 0.878. The molecular formula is C14H23N3O. The number of methoxy groups -OCH3 is 1. The highest BCUT2D eigenvalue weighted by Gasteiger charge is 2.25. The van der Waals surface area contributed by atoms with E-state index in [2.05, 4.69) is 35.2 Å². The van der Waals surface area contributed by atoms with Crippen LogP contribution < -0.4 is 10.1 Å². The van der Waals surface area contributed by atoms with Gasteiger partial charge in [-0.05, 0) is 32.0 Å². The average molecular weight is 249 g/mol. The maximum atomic E-state index is 5.31. The maximum absolute atomic E-state index is 5.31. The van der Waals surface area contributed by atoms with Gasteiger partial charge in [0.1, 0.15) is 0 Å². The van der Waals surface area contributed by atoms with Crippen LogP contribution in [0, 0.1) is 5.92 Å². The number of rotatable bonds is 4. The predicted molar refractivity (Wildman–Crippen MR) is 72.7 cm³/mol. The van der Waals surface area contributed by atoms with Crippen molar-refractivity contribution in [2.24, 2.45) is 5.92 Å². The van der Waals surface area contributed by atoms with Gasteiger partial charge in [-0.3, -0.25) is 4.90 Å². The Morgan fingerprint density at radius 1 is 1.56 bits per heavy atom. The highest BCUT2D eigenvalue weighted by atomic mass is 16.5.